The smallest absolute Gasteiger partial charge is 0.356 e. The van der Waals surface area contributed by atoms with Gasteiger partial charge in [-0.15, -0.1) is 0 Å². The predicted molar refractivity (Wildman–Crippen MR) is 80.9 cm³/mol. The molecular weight excluding hydrogens is 298 g/mol. The number of methoxy groups -OCH3 is 1. The Hall–Kier alpha value is -2.96. The van der Waals surface area contributed by atoms with Crippen LogP contribution >= 0.6 is 0 Å². The van der Waals surface area contributed by atoms with Gasteiger partial charge in [-0.2, -0.15) is 0 Å². The lowest BCUT2D eigenvalue weighted by Gasteiger charge is -2.34. The molecule has 7 nitrogen and oxygen atoms in total. The molecule has 0 radical (unpaired) electrons. The minimum atomic E-state index is -0.551. The largest absolute Gasteiger partial charge is 0.464 e. The van der Waals surface area contributed by atoms with Crippen LogP contribution in [0.15, 0.2) is 42.6 Å². The third-order valence-corrected chi connectivity index (χ3v) is 3.56. The number of hydrogen-bond donors (Lipinski definition) is 0. The molecular formula is C16H15N3O4. The number of carbonyl (C=O) groups excluding carboxylic acids is 2. The first-order valence-corrected chi connectivity index (χ1v) is 7.07. The molecule has 3 rings (SSSR count). The Balaban J connectivity index is 1.97. The molecule has 118 valence electrons. The van der Waals surface area contributed by atoms with Gasteiger partial charge in [-0.25, -0.2) is 14.8 Å². The van der Waals surface area contributed by atoms with Crippen molar-refractivity contribution in [2.24, 2.45) is 0 Å². The Labute approximate surface area is 132 Å². The number of cyclic esters (lactones) is 1. The lowest BCUT2D eigenvalue weighted by molar-refractivity contribution is -0.145. The number of rotatable bonds is 3. The highest BCUT2D eigenvalue weighted by Gasteiger charge is 2.31. The molecule has 0 unspecified atom stereocenters. The molecule has 0 bridgehead atoms. The molecule has 7 heteroatoms. The quantitative estimate of drug-likeness (QED) is 0.791. The van der Waals surface area contributed by atoms with E-state index < -0.39 is 5.97 Å². The van der Waals surface area contributed by atoms with E-state index in [1.165, 1.54) is 19.4 Å². The molecule has 0 amide bonds. The maximum absolute atomic E-state index is 11.7. The summed E-state index contributed by atoms with van der Waals surface area (Å²) >= 11 is 0. The van der Waals surface area contributed by atoms with Gasteiger partial charge in [0.25, 0.3) is 0 Å². The van der Waals surface area contributed by atoms with Gasteiger partial charge >= 0.3 is 11.9 Å². The van der Waals surface area contributed by atoms with E-state index >= 15 is 0 Å². The Morgan fingerprint density at radius 3 is 2.83 bits per heavy atom. The van der Waals surface area contributed by atoms with E-state index in [9.17, 15) is 9.59 Å². The van der Waals surface area contributed by atoms with Crippen LogP contribution in [0.5, 0.6) is 0 Å². The van der Waals surface area contributed by atoms with Crippen LogP contribution in [0, 0.1) is 0 Å². The number of nitrogens with zero attached hydrogens (tertiary/aromatic N) is 3. The van der Waals surface area contributed by atoms with Crippen LogP contribution in [0.3, 0.4) is 0 Å². The van der Waals surface area contributed by atoms with Crippen LogP contribution in [0.1, 0.15) is 22.1 Å². The number of morpholine rings is 1. The summed E-state index contributed by atoms with van der Waals surface area (Å²) in [6, 6.07) is 10.9. The Bertz CT molecular complexity index is 720. The Kier molecular flexibility index (Phi) is 4.18. The average Bonchev–Trinajstić information content (AvgIpc) is 2.62. The van der Waals surface area contributed by atoms with Crippen molar-refractivity contribution >= 4 is 17.9 Å². The van der Waals surface area contributed by atoms with Crippen molar-refractivity contribution in [1.82, 2.24) is 9.97 Å². The van der Waals surface area contributed by atoms with Gasteiger partial charge in [0.1, 0.15) is 13.2 Å². The fraction of sp³-hybridized carbons (Fsp3) is 0.250. The van der Waals surface area contributed by atoms with Crippen molar-refractivity contribution in [2.75, 3.05) is 25.2 Å². The van der Waals surface area contributed by atoms with Crippen molar-refractivity contribution in [3.8, 4) is 0 Å². The fourth-order valence-electron chi connectivity index (χ4n) is 2.42. The summed E-state index contributed by atoms with van der Waals surface area (Å²) in [5, 5.41) is 0. The topological polar surface area (TPSA) is 81.6 Å². The fourth-order valence-corrected chi connectivity index (χ4v) is 2.42. The maximum Gasteiger partial charge on any atom is 0.356 e. The van der Waals surface area contributed by atoms with E-state index in [1.54, 1.807) is 4.90 Å². The van der Waals surface area contributed by atoms with E-state index in [0.717, 1.165) is 5.56 Å². The third kappa shape index (κ3) is 3.13. The van der Waals surface area contributed by atoms with Gasteiger partial charge in [0.05, 0.1) is 13.2 Å². The van der Waals surface area contributed by atoms with Crippen LogP contribution < -0.4 is 4.90 Å². The lowest BCUT2D eigenvalue weighted by Crippen LogP contribution is -2.43. The summed E-state index contributed by atoms with van der Waals surface area (Å²) in [6.45, 7) is 0.221. The minimum Gasteiger partial charge on any atom is -0.464 e. The van der Waals surface area contributed by atoms with Gasteiger partial charge in [0.2, 0.25) is 5.95 Å². The second kappa shape index (κ2) is 6.43. The van der Waals surface area contributed by atoms with Crippen molar-refractivity contribution in [2.45, 2.75) is 6.04 Å². The van der Waals surface area contributed by atoms with Gasteiger partial charge in [-0.1, -0.05) is 30.3 Å². The van der Waals surface area contributed by atoms with Gasteiger partial charge in [0.15, 0.2) is 5.69 Å². The number of anilines is 1. The molecule has 2 heterocycles. The molecule has 1 aromatic heterocycles. The summed E-state index contributed by atoms with van der Waals surface area (Å²) in [5.41, 5.74) is 1.12. The molecule has 1 atom stereocenters. The lowest BCUT2D eigenvalue weighted by atomic mass is 10.1. The van der Waals surface area contributed by atoms with E-state index in [0.29, 0.717) is 5.95 Å². The normalized spacial score (nSPS) is 17.5. The molecule has 1 saturated heterocycles. The van der Waals surface area contributed by atoms with Gasteiger partial charge in [-0.3, -0.25) is 4.79 Å². The Morgan fingerprint density at radius 2 is 2.09 bits per heavy atom. The zero-order chi connectivity index (χ0) is 16.2. The predicted octanol–water partition coefficient (Wildman–Crippen LogP) is 1.37. The SMILES string of the molecule is COC(=O)c1ccnc(N2CC(=O)OC[C@H]2c2ccccc2)n1. The highest BCUT2D eigenvalue weighted by atomic mass is 16.5. The van der Waals surface area contributed by atoms with Gasteiger partial charge in [0, 0.05) is 6.20 Å². The van der Waals surface area contributed by atoms with Crippen LogP contribution in [0.25, 0.3) is 0 Å². The van der Waals surface area contributed by atoms with Crippen molar-refractivity contribution in [3.05, 3.63) is 53.9 Å². The van der Waals surface area contributed by atoms with Crippen molar-refractivity contribution in [3.63, 3.8) is 0 Å². The Morgan fingerprint density at radius 1 is 1.30 bits per heavy atom. The molecule has 2 aromatic rings. The molecule has 1 aromatic carbocycles. The number of ether oxygens (including phenoxy) is 2. The average molecular weight is 313 g/mol. The monoisotopic (exact) mass is 313 g/mol. The molecule has 0 saturated carbocycles. The van der Waals surface area contributed by atoms with Crippen LogP contribution in [0.2, 0.25) is 0 Å². The van der Waals surface area contributed by atoms with Crippen LogP contribution in [-0.4, -0.2) is 42.2 Å². The molecule has 0 aliphatic carbocycles. The second-order valence-electron chi connectivity index (χ2n) is 4.97. The second-order valence-corrected chi connectivity index (χ2v) is 4.97. The molecule has 1 fully saturated rings. The molecule has 0 N–H and O–H groups in total. The van der Waals surface area contributed by atoms with Crippen LogP contribution in [-0.2, 0) is 14.3 Å². The highest BCUT2D eigenvalue weighted by molar-refractivity contribution is 5.87. The summed E-state index contributed by atoms with van der Waals surface area (Å²) < 4.78 is 9.84. The first-order valence-electron chi connectivity index (χ1n) is 7.07. The summed E-state index contributed by atoms with van der Waals surface area (Å²) in [4.78, 5) is 33.5. The molecule has 0 spiro atoms. The molecule has 1 aliphatic rings. The molecule has 23 heavy (non-hydrogen) atoms. The van der Waals surface area contributed by atoms with E-state index in [-0.39, 0.29) is 30.9 Å². The van der Waals surface area contributed by atoms with E-state index in [4.69, 9.17) is 4.74 Å². The van der Waals surface area contributed by atoms with Crippen LogP contribution in [0.4, 0.5) is 5.95 Å². The zero-order valence-electron chi connectivity index (χ0n) is 12.5. The standard InChI is InChI=1S/C16H15N3O4/c1-22-15(21)12-7-8-17-16(18-12)19-9-14(20)23-10-13(19)11-5-3-2-4-6-11/h2-8,13H,9-10H2,1H3/t13-/m0/s1. The first-order chi connectivity index (χ1) is 11.2. The third-order valence-electron chi connectivity index (χ3n) is 3.56. The van der Waals surface area contributed by atoms with E-state index in [1.807, 2.05) is 30.3 Å². The summed E-state index contributed by atoms with van der Waals surface area (Å²) in [7, 11) is 1.29. The maximum atomic E-state index is 11.7. The number of benzene rings is 1. The van der Waals surface area contributed by atoms with E-state index in [2.05, 4.69) is 14.7 Å². The van der Waals surface area contributed by atoms with Gasteiger partial charge in [-0.05, 0) is 11.6 Å². The summed E-state index contributed by atoms with van der Waals surface area (Å²) in [6.07, 6.45) is 1.47. The number of carbonyl (C=O) groups is 2. The van der Waals surface area contributed by atoms with Crippen molar-refractivity contribution in [1.29, 1.82) is 0 Å². The molecule has 1 aliphatic heterocycles. The van der Waals surface area contributed by atoms with Gasteiger partial charge < -0.3 is 14.4 Å². The highest BCUT2D eigenvalue weighted by Crippen LogP contribution is 2.27. The zero-order valence-corrected chi connectivity index (χ0v) is 12.5. The first kappa shape index (κ1) is 15.0. The minimum absolute atomic E-state index is 0.0180. The van der Waals surface area contributed by atoms with Crippen molar-refractivity contribution < 1.29 is 19.1 Å². The summed E-state index contributed by atoms with van der Waals surface area (Å²) in [5.74, 6) is -0.618. The number of aromatic nitrogens is 2. The number of hydrogen-bond acceptors (Lipinski definition) is 7. The number of esters is 2.